The molecule has 0 fully saturated rings. The van der Waals surface area contributed by atoms with Gasteiger partial charge in [0, 0.05) is 11.8 Å². The predicted octanol–water partition coefficient (Wildman–Crippen LogP) is 3.54. The number of rotatable bonds is 1. The lowest BCUT2D eigenvalue weighted by molar-refractivity contribution is 0.608. The first-order valence-corrected chi connectivity index (χ1v) is 5.18. The molecule has 0 saturated carbocycles. The fraction of sp³-hybridized carbons (Fsp3) is 0. The van der Waals surface area contributed by atoms with Gasteiger partial charge in [-0.05, 0) is 18.2 Å². The molecule has 2 heterocycles. The predicted molar refractivity (Wildman–Crippen MR) is 62.3 cm³/mol. The summed E-state index contributed by atoms with van der Waals surface area (Å²) >= 11 is 5.83. The van der Waals surface area contributed by atoms with Crippen LogP contribution in [0, 0.1) is 0 Å². The van der Waals surface area contributed by atoms with Crippen molar-refractivity contribution in [3.63, 3.8) is 0 Å². The lowest BCUT2D eigenvalue weighted by Crippen LogP contribution is -1.75. The Labute approximate surface area is 96.7 Å². The quantitative estimate of drug-likeness (QED) is 0.642. The van der Waals surface area contributed by atoms with Crippen molar-refractivity contribution in [2.45, 2.75) is 0 Å². The third-order valence-electron chi connectivity index (χ3n) is 2.23. The Morgan fingerprint density at radius 2 is 1.94 bits per heavy atom. The van der Waals surface area contributed by atoms with E-state index in [1.165, 1.54) is 0 Å². The largest absolute Gasteiger partial charge is 0.418 e. The van der Waals surface area contributed by atoms with Gasteiger partial charge in [-0.1, -0.05) is 29.8 Å². The van der Waals surface area contributed by atoms with Crippen molar-refractivity contribution >= 4 is 22.8 Å². The second-order valence-electron chi connectivity index (χ2n) is 3.36. The summed E-state index contributed by atoms with van der Waals surface area (Å²) in [7, 11) is 0. The number of aromatic nitrogens is 2. The minimum atomic E-state index is 0.503. The number of halogens is 1. The highest BCUT2D eigenvalue weighted by molar-refractivity contribution is 6.30. The zero-order chi connectivity index (χ0) is 11.0. The molecule has 2 aromatic heterocycles. The summed E-state index contributed by atoms with van der Waals surface area (Å²) in [5.74, 6) is 0.561. The summed E-state index contributed by atoms with van der Waals surface area (Å²) in [6.45, 7) is 0. The molecule has 0 unspecified atom stereocenters. The number of oxazole rings is 1. The van der Waals surface area contributed by atoms with Gasteiger partial charge in [-0.15, -0.1) is 0 Å². The van der Waals surface area contributed by atoms with Gasteiger partial charge in [0.1, 0.15) is 5.52 Å². The molecule has 3 aromatic rings. The van der Waals surface area contributed by atoms with Gasteiger partial charge < -0.3 is 4.42 Å². The van der Waals surface area contributed by atoms with Crippen LogP contribution in [0.1, 0.15) is 0 Å². The first kappa shape index (κ1) is 9.36. The molecule has 0 aliphatic rings. The molecule has 0 N–H and O–H groups in total. The van der Waals surface area contributed by atoms with E-state index in [4.69, 9.17) is 16.0 Å². The molecular formula is C12H7ClN2O. The Hall–Kier alpha value is -1.87. The molecule has 3 rings (SSSR count). The van der Waals surface area contributed by atoms with Crippen LogP contribution in [0.4, 0.5) is 0 Å². The van der Waals surface area contributed by atoms with E-state index in [1.54, 1.807) is 12.3 Å². The van der Waals surface area contributed by atoms with E-state index in [0.29, 0.717) is 22.1 Å². The smallest absolute Gasteiger partial charge is 0.247 e. The molecule has 0 amide bonds. The average molecular weight is 231 g/mol. The molecule has 16 heavy (non-hydrogen) atoms. The molecule has 1 aromatic carbocycles. The van der Waals surface area contributed by atoms with E-state index in [0.717, 1.165) is 5.56 Å². The number of hydrogen-bond acceptors (Lipinski definition) is 3. The van der Waals surface area contributed by atoms with E-state index in [2.05, 4.69) is 9.97 Å². The van der Waals surface area contributed by atoms with Crippen molar-refractivity contribution in [2.75, 3.05) is 0 Å². The summed E-state index contributed by atoms with van der Waals surface area (Å²) in [5.41, 5.74) is 2.10. The Bertz CT molecular complexity index is 634. The molecule has 0 radical (unpaired) electrons. The maximum Gasteiger partial charge on any atom is 0.247 e. The van der Waals surface area contributed by atoms with E-state index in [-0.39, 0.29) is 0 Å². The van der Waals surface area contributed by atoms with E-state index in [1.807, 2.05) is 30.3 Å². The molecular weight excluding hydrogens is 224 g/mol. The molecule has 0 aliphatic heterocycles. The van der Waals surface area contributed by atoms with Crippen LogP contribution in [0.15, 0.2) is 47.0 Å². The molecule has 3 nitrogen and oxygen atoms in total. The van der Waals surface area contributed by atoms with Gasteiger partial charge in [-0.2, -0.15) is 0 Å². The normalized spacial score (nSPS) is 10.8. The maximum atomic E-state index is 5.83. The summed E-state index contributed by atoms with van der Waals surface area (Å²) in [5, 5.41) is 0.556. The Morgan fingerprint density at radius 3 is 2.75 bits per heavy atom. The second kappa shape index (κ2) is 3.61. The topological polar surface area (TPSA) is 38.9 Å². The van der Waals surface area contributed by atoms with Crippen molar-refractivity contribution in [2.24, 2.45) is 0 Å². The SMILES string of the molecule is Clc1cnc2oc(-c3ccccc3)nc2c1. The lowest BCUT2D eigenvalue weighted by Gasteiger charge is -1.91. The highest BCUT2D eigenvalue weighted by Gasteiger charge is 2.08. The summed E-state index contributed by atoms with van der Waals surface area (Å²) < 4.78 is 5.53. The molecule has 0 saturated heterocycles. The van der Waals surface area contributed by atoms with Gasteiger partial charge in [-0.25, -0.2) is 9.97 Å². The Morgan fingerprint density at radius 1 is 1.12 bits per heavy atom. The van der Waals surface area contributed by atoms with Crippen molar-refractivity contribution in [1.82, 2.24) is 9.97 Å². The maximum absolute atomic E-state index is 5.83. The average Bonchev–Trinajstić information content (AvgIpc) is 2.73. The van der Waals surface area contributed by atoms with E-state index in [9.17, 15) is 0 Å². The van der Waals surface area contributed by atoms with Crippen molar-refractivity contribution in [1.29, 1.82) is 0 Å². The lowest BCUT2D eigenvalue weighted by atomic mass is 10.2. The van der Waals surface area contributed by atoms with Gasteiger partial charge in [0.25, 0.3) is 0 Å². The number of benzene rings is 1. The van der Waals surface area contributed by atoms with Crippen LogP contribution in [0.5, 0.6) is 0 Å². The third kappa shape index (κ3) is 1.55. The van der Waals surface area contributed by atoms with Crippen molar-refractivity contribution in [3.05, 3.63) is 47.6 Å². The Kier molecular flexibility index (Phi) is 2.11. The van der Waals surface area contributed by atoms with Crippen molar-refractivity contribution < 1.29 is 4.42 Å². The van der Waals surface area contributed by atoms with Crippen LogP contribution in [0.3, 0.4) is 0 Å². The highest BCUT2D eigenvalue weighted by atomic mass is 35.5. The monoisotopic (exact) mass is 230 g/mol. The standard InChI is InChI=1S/C12H7ClN2O/c13-9-6-10-12(14-7-9)16-11(15-10)8-4-2-1-3-5-8/h1-7H. The van der Waals surface area contributed by atoms with E-state index >= 15 is 0 Å². The van der Waals surface area contributed by atoms with Crippen LogP contribution in [-0.2, 0) is 0 Å². The summed E-state index contributed by atoms with van der Waals surface area (Å²) in [4.78, 5) is 8.40. The number of hydrogen-bond donors (Lipinski definition) is 0. The molecule has 0 spiro atoms. The van der Waals surface area contributed by atoms with Crippen LogP contribution in [0.2, 0.25) is 5.02 Å². The Balaban J connectivity index is 2.19. The first-order chi connectivity index (χ1) is 7.83. The number of nitrogens with zero attached hydrogens (tertiary/aromatic N) is 2. The minimum absolute atomic E-state index is 0.503. The minimum Gasteiger partial charge on any atom is -0.418 e. The molecule has 0 atom stereocenters. The first-order valence-electron chi connectivity index (χ1n) is 4.80. The van der Waals surface area contributed by atoms with Gasteiger partial charge in [-0.3, -0.25) is 0 Å². The molecule has 0 bridgehead atoms. The van der Waals surface area contributed by atoms with Crippen LogP contribution < -0.4 is 0 Å². The van der Waals surface area contributed by atoms with Gasteiger partial charge in [0.15, 0.2) is 0 Å². The fourth-order valence-corrected chi connectivity index (χ4v) is 1.65. The summed E-state index contributed by atoms with van der Waals surface area (Å²) in [6.07, 6.45) is 1.55. The number of fused-ring (bicyclic) bond motifs is 1. The molecule has 4 heteroatoms. The molecule has 0 aliphatic carbocycles. The highest BCUT2D eigenvalue weighted by Crippen LogP contribution is 2.24. The van der Waals surface area contributed by atoms with Crippen LogP contribution in [-0.4, -0.2) is 9.97 Å². The van der Waals surface area contributed by atoms with Crippen molar-refractivity contribution in [3.8, 4) is 11.5 Å². The second-order valence-corrected chi connectivity index (χ2v) is 3.80. The van der Waals surface area contributed by atoms with Gasteiger partial charge >= 0.3 is 0 Å². The van der Waals surface area contributed by atoms with E-state index < -0.39 is 0 Å². The zero-order valence-corrected chi connectivity index (χ0v) is 8.98. The fourth-order valence-electron chi connectivity index (χ4n) is 1.50. The van der Waals surface area contributed by atoms with Gasteiger partial charge in [0.05, 0.1) is 5.02 Å². The third-order valence-corrected chi connectivity index (χ3v) is 2.44. The zero-order valence-electron chi connectivity index (χ0n) is 8.22. The summed E-state index contributed by atoms with van der Waals surface area (Å²) in [6, 6.07) is 11.4. The van der Waals surface area contributed by atoms with Crippen LogP contribution >= 0.6 is 11.6 Å². The number of pyridine rings is 1. The van der Waals surface area contributed by atoms with Gasteiger partial charge in [0.2, 0.25) is 11.6 Å². The molecule has 78 valence electrons. The van der Waals surface area contributed by atoms with Crippen LogP contribution in [0.25, 0.3) is 22.7 Å².